The molecule has 0 aliphatic carbocycles. The van der Waals surface area contributed by atoms with Crippen LogP contribution < -0.4 is 0 Å². The lowest BCUT2D eigenvalue weighted by molar-refractivity contribution is 0.574. The Labute approximate surface area is 116 Å². The first kappa shape index (κ1) is 13.7. The van der Waals surface area contributed by atoms with Gasteiger partial charge in [-0.25, -0.2) is 8.42 Å². The van der Waals surface area contributed by atoms with Crippen LogP contribution in [0, 0.1) is 0 Å². The molecule has 0 fully saturated rings. The zero-order chi connectivity index (χ0) is 13.7. The minimum absolute atomic E-state index is 0.0566. The number of aromatic amines is 1. The third-order valence-corrected chi connectivity index (χ3v) is 4.55. The van der Waals surface area contributed by atoms with Crippen LogP contribution in [-0.4, -0.2) is 13.4 Å². The second-order valence-corrected chi connectivity index (χ2v) is 8.12. The maximum absolute atomic E-state index is 11.6. The summed E-state index contributed by atoms with van der Waals surface area (Å²) in [6.07, 6.45) is 0. The van der Waals surface area contributed by atoms with E-state index in [-0.39, 0.29) is 15.3 Å². The molecule has 0 atom stereocenters. The predicted octanol–water partition coefficient (Wildman–Crippen LogP) is 4.05. The van der Waals surface area contributed by atoms with Crippen molar-refractivity contribution in [3.8, 4) is 0 Å². The number of nitrogens with one attached hydrogen (secondary N) is 1. The minimum Gasteiger partial charge on any atom is -0.357 e. The molecular weight excluding hydrogens is 293 g/mol. The van der Waals surface area contributed by atoms with Gasteiger partial charge in [-0.1, -0.05) is 38.4 Å². The maximum atomic E-state index is 11.6. The van der Waals surface area contributed by atoms with Crippen molar-refractivity contribution in [2.75, 3.05) is 0 Å². The molecule has 2 rings (SSSR count). The van der Waals surface area contributed by atoms with Crippen LogP contribution in [0.2, 0.25) is 5.02 Å². The Morgan fingerprint density at radius 1 is 1.22 bits per heavy atom. The number of H-pyrrole nitrogens is 1. The van der Waals surface area contributed by atoms with Crippen molar-refractivity contribution in [3.63, 3.8) is 0 Å². The van der Waals surface area contributed by atoms with E-state index >= 15 is 0 Å². The fraction of sp³-hybridized carbons (Fsp3) is 0.333. The van der Waals surface area contributed by atoms with Crippen LogP contribution in [0.25, 0.3) is 10.9 Å². The molecule has 6 heteroatoms. The molecule has 0 aliphatic heterocycles. The second-order valence-electron chi connectivity index (χ2n) is 5.21. The summed E-state index contributed by atoms with van der Waals surface area (Å²) in [4.78, 5) is 3.05. The maximum Gasteiger partial charge on any atom is 0.264 e. The summed E-state index contributed by atoms with van der Waals surface area (Å²) >= 11 is 5.93. The summed E-state index contributed by atoms with van der Waals surface area (Å²) in [7, 11) is 1.55. The molecular formula is C12H13Cl2NO2S. The molecule has 0 aliphatic rings. The second kappa shape index (κ2) is 4.15. The molecule has 1 aromatic heterocycles. The molecule has 18 heavy (non-hydrogen) atoms. The number of hydrogen-bond donors (Lipinski definition) is 1. The number of rotatable bonds is 1. The molecule has 0 unspecified atom stereocenters. The Bertz CT molecular complexity index is 711. The van der Waals surface area contributed by atoms with Crippen molar-refractivity contribution in [2.45, 2.75) is 31.1 Å². The lowest BCUT2D eigenvalue weighted by atomic mass is 9.92. The monoisotopic (exact) mass is 305 g/mol. The highest BCUT2D eigenvalue weighted by Gasteiger charge is 2.23. The van der Waals surface area contributed by atoms with Gasteiger partial charge in [0.15, 0.2) is 0 Å². The minimum atomic E-state index is -3.88. The molecule has 1 heterocycles. The molecule has 0 radical (unpaired) electrons. The van der Waals surface area contributed by atoms with Crippen molar-refractivity contribution >= 4 is 42.2 Å². The quantitative estimate of drug-likeness (QED) is 0.808. The van der Waals surface area contributed by atoms with Crippen LogP contribution in [0.1, 0.15) is 26.5 Å². The topological polar surface area (TPSA) is 49.9 Å². The van der Waals surface area contributed by atoms with E-state index in [0.717, 1.165) is 11.1 Å². The molecule has 1 aromatic carbocycles. The number of benzene rings is 1. The van der Waals surface area contributed by atoms with Gasteiger partial charge in [0.05, 0.1) is 10.5 Å². The third-order valence-electron chi connectivity index (χ3n) is 2.75. The van der Waals surface area contributed by atoms with E-state index in [1.807, 2.05) is 26.8 Å². The summed E-state index contributed by atoms with van der Waals surface area (Å²) in [5.41, 5.74) is 1.28. The lowest BCUT2D eigenvalue weighted by Gasteiger charge is -2.15. The van der Waals surface area contributed by atoms with Crippen LogP contribution in [0.5, 0.6) is 0 Å². The van der Waals surface area contributed by atoms with Crippen molar-refractivity contribution in [2.24, 2.45) is 0 Å². The van der Waals surface area contributed by atoms with Crippen LogP contribution in [-0.2, 0) is 14.5 Å². The number of fused-ring (bicyclic) bond motifs is 1. The van der Waals surface area contributed by atoms with Gasteiger partial charge < -0.3 is 4.98 Å². The Morgan fingerprint density at radius 3 is 2.33 bits per heavy atom. The highest BCUT2D eigenvalue weighted by Crippen LogP contribution is 2.34. The molecule has 1 N–H and O–H groups in total. The molecule has 98 valence electrons. The van der Waals surface area contributed by atoms with Gasteiger partial charge in [-0.05, 0) is 12.1 Å². The van der Waals surface area contributed by atoms with Gasteiger partial charge in [-0.15, -0.1) is 0 Å². The Balaban J connectivity index is 2.87. The van der Waals surface area contributed by atoms with Crippen molar-refractivity contribution in [1.29, 1.82) is 0 Å². The molecule has 0 bridgehead atoms. The van der Waals surface area contributed by atoms with E-state index < -0.39 is 9.05 Å². The SMILES string of the molecule is CC(C)(C)c1cc2ccc(Cl)c(S(=O)(=O)Cl)c2[nH]1. The first-order valence-electron chi connectivity index (χ1n) is 5.37. The fourth-order valence-corrected chi connectivity index (χ4v) is 3.57. The summed E-state index contributed by atoms with van der Waals surface area (Å²) in [6, 6.07) is 5.23. The van der Waals surface area contributed by atoms with Gasteiger partial charge in [0.1, 0.15) is 4.90 Å². The number of halogens is 2. The number of aromatic nitrogens is 1. The zero-order valence-electron chi connectivity index (χ0n) is 10.2. The van der Waals surface area contributed by atoms with Gasteiger partial charge in [-0.2, -0.15) is 0 Å². The average molecular weight is 306 g/mol. The normalized spacial score (nSPS) is 13.2. The first-order chi connectivity index (χ1) is 8.10. The van der Waals surface area contributed by atoms with Crippen molar-refractivity contribution in [1.82, 2.24) is 4.98 Å². The van der Waals surface area contributed by atoms with Gasteiger partial charge in [0.25, 0.3) is 9.05 Å². The third kappa shape index (κ3) is 2.37. The summed E-state index contributed by atoms with van der Waals surface area (Å²) in [5.74, 6) is 0. The number of hydrogen-bond acceptors (Lipinski definition) is 2. The van der Waals surface area contributed by atoms with E-state index in [0.29, 0.717) is 5.52 Å². The van der Waals surface area contributed by atoms with Gasteiger partial charge in [0, 0.05) is 27.2 Å². The van der Waals surface area contributed by atoms with Gasteiger partial charge in [-0.3, -0.25) is 0 Å². The van der Waals surface area contributed by atoms with E-state index in [1.54, 1.807) is 12.1 Å². The predicted molar refractivity (Wildman–Crippen MR) is 75.0 cm³/mol. The lowest BCUT2D eigenvalue weighted by Crippen LogP contribution is -2.11. The Hall–Kier alpha value is -0.710. The molecule has 0 spiro atoms. The molecule has 0 saturated carbocycles. The summed E-state index contributed by atoms with van der Waals surface area (Å²) < 4.78 is 23.2. The summed E-state index contributed by atoms with van der Waals surface area (Å²) in [6.45, 7) is 6.11. The average Bonchev–Trinajstić information content (AvgIpc) is 2.57. The van der Waals surface area contributed by atoms with Crippen molar-refractivity contribution in [3.05, 3.63) is 28.9 Å². The summed E-state index contributed by atoms with van der Waals surface area (Å²) in [5, 5.41) is 0.906. The first-order valence-corrected chi connectivity index (χ1v) is 8.06. The van der Waals surface area contributed by atoms with E-state index in [4.69, 9.17) is 22.3 Å². The van der Waals surface area contributed by atoms with E-state index in [1.165, 1.54) is 0 Å². The van der Waals surface area contributed by atoms with Crippen LogP contribution in [0.15, 0.2) is 23.1 Å². The fourth-order valence-electron chi connectivity index (χ4n) is 1.79. The van der Waals surface area contributed by atoms with Crippen LogP contribution >= 0.6 is 22.3 Å². The van der Waals surface area contributed by atoms with Crippen molar-refractivity contribution < 1.29 is 8.42 Å². The van der Waals surface area contributed by atoms with E-state index in [9.17, 15) is 8.42 Å². The molecule has 2 aromatic rings. The molecule has 0 saturated heterocycles. The van der Waals surface area contributed by atoms with Crippen LogP contribution in [0.4, 0.5) is 0 Å². The molecule has 0 amide bonds. The smallest absolute Gasteiger partial charge is 0.264 e. The standard InChI is InChI=1S/C12H13Cl2NO2S/c1-12(2,3)9-6-7-4-5-8(13)11(10(7)15-9)18(14,16)17/h4-6,15H,1-3H3. The Morgan fingerprint density at radius 2 is 1.83 bits per heavy atom. The highest BCUT2D eigenvalue weighted by atomic mass is 35.7. The largest absolute Gasteiger partial charge is 0.357 e. The van der Waals surface area contributed by atoms with Crippen LogP contribution in [0.3, 0.4) is 0 Å². The zero-order valence-corrected chi connectivity index (χ0v) is 12.5. The van der Waals surface area contributed by atoms with Gasteiger partial charge in [0.2, 0.25) is 0 Å². The highest BCUT2D eigenvalue weighted by molar-refractivity contribution is 8.14. The van der Waals surface area contributed by atoms with E-state index in [2.05, 4.69) is 4.98 Å². The molecule has 3 nitrogen and oxygen atoms in total. The Kier molecular flexibility index (Phi) is 3.16. The van der Waals surface area contributed by atoms with Gasteiger partial charge >= 0.3 is 0 Å².